The zero-order valence-corrected chi connectivity index (χ0v) is 16.5. The molecule has 1 aromatic carbocycles. The maximum Gasteiger partial charge on any atom is 0.573 e. The second-order valence-corrected chi connectivity index (χ2v) is 7.09. The molecular weight excluding hydrogens is 455 g/mol. The van der Waals surface area contributed by atoms with Crippen LogP contribution >= 0.6 is 15.9 Å². The summed E-state index contributed by atoms with van der Waals surface area (Å²) in [6.07, 6.45) is -1.50. The molecule has 0 radical (unpaired) electrons. The molecule has 0 spiro atoms. The fraction of sp³-hybridized carbons (Fsp3) is 0.222. The molecule has 1 amide bonds. The summed E-state index contributed by atoms with van der Waals surface area (Å²) >= 11 is 3.30. The van der Waals surface area contributed by atoms with E-state index in [4.69, 9.17) is 0 Å². The third-order valence-corrected chi connectivity index (χ3v) is 4.47. The predicted octanol–water partition coefficient (Wildman–Crippen LogP) is 3.80. The molecular formula is C18H13BrF3N5O2. The van der Waals surface area contributed by atoms with Gasteiger partial charge in [0.05, 0.1) is 12.6 Å². The number of fused-ring (bicyclic) bond motifs is 1. The van der Waals surface area contributed by atoms with E-state index in [0.717, 1.165) is 17.5 Å². The highest BCUT2D eigenvalue weighted by atomic mass is 79.9. The van der Waals surface area contributed by atoms with Crippen LogP contribution in [0.1, 0.15) is 17.3 Å². The molecule has 0 fully saturated rings. The van der Waals surface area contributed by atoms with Gasteiger partial charge in [0, 0.05) is 23.3 Å². The second-order valence-electron chi connectivity index (χ2n) is 6.34. The quantitative estimate of drug-likeness (QED) is 0.576. The zero-order chi connectivity index (χ0) is 21.2. The van der Waals surface area contributed by atoms with Gasteiger partial charge in [-0.1, -0.05) is 0 Å². The summed E-state index contributed by atoms with van der Waals surface area (Å²) < 4.78 is 42.5. The Morgan fingerprint density at radius 3 is 2.59 bits per heavy atom. The van der Waals surface area contributed by atoms with Crippen molar-refractivity contribution < 1.29 is 22.7 Å². The molecule has 7 nitrogen and oxygen atoms in total. The Kier molecular flexibility index (Phi) is 5.48. The molecule has 0 bridgehead atoms. The van der Waals surface area contributed by atoms with Crippen LogP contribution in [0.2, 0.25) is 0 Å². The molecule has 0 aliphatic carbocycles. The van der Waals surface area contributed by atoms with E-state index in [-0.39, 0.29) is 12.1 Å². The lowest BCUT2D eigenvalue weighted by Crippen LogP contribution is -2.48. The first-order valence-electron chi connectivity index (χ1n) is 8.16. The number of benzene rings is 1. The first kappa shape index (κ1) is 20.6. The van der Waals surface area contributed by atoms with Crippen LogP contribution < -0.4 is 10.1 Å². The number of alkyl halides is 3. The maximum absolute atomic E-state index is 12.5. The number of ether oxygens (including phenoxy) is 1. The highest BCUT2D eigenvalue weighted by Gasteiger charge is 2.31. The number of halogens is 4. The Hall–Kier alpha value is -3.13. The Bertz CT molecular complexity index is 1090. The van der Waals surface area contributed by atoms with Crippen LogP contribution in [0.3, 0.4) is 0 Å². The van der Waals surface area contributed by atoms with E-state index in [1.165, 1.54) is 23.7 Å². The predicted molar refractivity (Wildman–Crippen MR) is 99.8 cm³/mol. The summed E-state index contributed by atoms with van der Waals surface area (Å²) in [5.74, 6) is -1.06. The number of hydrogen-bond donors (Lipinski definition) is 1. The minimum absolute atomic E-state index is 0.0473. The van der Waals surface area contributed by atoms with E-state index in [1.54, 1.807) is 18.5 Å². The van der Waals surface area contributed by atoms with Crippen molar-refractivity contribution in [1.82, 2.24) is 20.1 Å². The van der Waals surface area contributed by atoms with Crippen LogP contribution in [0.5, 0.6) is 5.75 Å². The van der Waals surface area contributed by atoms with Gasteiger partial charge in [-0.05, 0) is 53.2 Å². The molecule has 3 rings (SSSR count). The standard InChI is InChI=1S/C18H13BrF3N5O2/c1-17(9-23,10-27-8-12-6-7-24-15(19)14(12)26-27)25-16(28)11-2-4-13(5-3-11)29-18(20,21)22/h2-8H,10H2,1H3,(H,25,28). The number of carbonyl (C=O) groups excluding carboxylic acids is 1. The van der Waals surface area contributed by atoms with E-state index in [1.807, 2.05) is 6.07 Å². The normalized spacial score (nSPS) is 13.5. The van der Waals surface area contributed by atoms with Gasteiger partial charge in [0.1, 0.15) is 21.4 Å². The SMILES string of the molecule is CC(C#N)(Cn1cc2ccnc(Br)c2n1)NC(=O)c1ccc(OC(F)(F)F)cc1. The van der Waals surface area contributed by atoms with Crippen LogP contribution in [-0.2, 0) is 6.54 Å². The summed E-state index contributed by atoms with van der Waals surface area (Å²) in [6.45, 7) is 1.57. The van der Waals surface area contributed by atoms with E-state index >= 15 is 0 Å². The average molecular weight is 468 g/mol. The maximum atomic E-state index is 12.5. The number of hydrogen-bond acceptors (Lipinski definition) is 5. The number of pyridine rings is 1. The molecule has 150 valence electrons. The van der Waals surface area contributed by atoms with Gasteiger partial charge in [-0.3, -0.25) is 9.48 Å². The molecule has 0 aliphatic heterocycles. The van der Waals surface area contributed by atoms with Crippen molar-refractivity contribution in [3.63, 3.8) is 0 Å². The zero-order valence-electron chi connectivity index (χ0n) is 14.9. The number of nitrogens with one attached hydrogen (secondary N) is 1. The Morgan fingerprint density at radius 1 is 1.31 bits per heavy atom. The first-order valence-corrected chi connectivity index (χ1v) is 8.95. The van der Waals surface area contributed by atoms with Crippen LogP contribution in [0, 0.1) is 11.3 Å². The Balaban J connectivity index is 1.74. The number of aromatic nitrogens is 3. The fourth-order valence-corrected chi connectivity index (χ4v) is 3.03. The van der Waals surface area contributed by atoms with Crippen LogP contribution in [0.15, 0.2) is 47.3 Å². The smallest absolute Gasteiger partial charge is 0.406 e. The van der Waals surface area contributed by atoms with E-state index in [9.17, 15) is 23.2 Å². The molecule has 3 aromatic rings. The van der Waals surface area contributed by atoms with E-state index < -0.39 is 23.6 Å². The average Bonchev–Trinajstić information content (AvgIpc) is 3.04. The molecule has 1 unspecified atom stereocenters. The molecule has 2 heterocycles. The minimum atomic E-state index is -4.82. The largest absolute Gasteiger partial charge is 0.573 e. The molecule has 0 saturated heterocycles. The van der Waals surface area contributed by atoms with Crippen molar-refractivity contribution in [2.24, 2.45) is 0 Å². The molecule has 29 heavy (non-hydrogen) atoms. The summed E-state index contributed by atoms with van der Waals surface area (Å²) in [5.41, 5.74) is -0.627. The molecule has 1 atom stereocenters. The van der Waals surface area contributed by atoms with Gasteiger partial charge < -0.3 is 10.1 Å². The lowest BCUT2D eigenvalue weighted by Gasteiger charge is -2.23. The van der Waals surface area contributed by atoms with Gasteiger partial charge in [0.2, 0.25) is 0 Å². The van der Waals surface area contributed by atoms with Crippen LogP contribution in [-0.4, -0.2) is 32.6 Å². The Labute approximate surface area is 171 Å². The number of amides is 1. The summed E-state index contributed by atoms with van der Waals surface area (Å²) in [6, 6.07) is 8.20. The fourth-order valence-electron chi connectivity index (χ4n) is 2.60. The van der Waals surface area contributed by atoms with Crippen molar-refractivity contribution in [2.75, 3.05) is 0 Å². The number of nitrogens with zero attached hydrogens (tertiary/aromatic N) is 4. The van der Waals surface area contributed by atoms with Crippen LogP contribution in [0.4, 0.5) is 13.2 Å². The molecule has 0 aliphatic rings. The van der Waals surface area contributed by atoms with Crippen molar-refractivity contribution >= 4 is 32.7 Å². The highest BCUT2D eigenvalue weighted by Crippen LogP contribution is 2.23. The second kappa shape index (κ2) is 7.71. The van der Waals surface area contributed by atoms with Gasteiger partial charge in [0.25, 0.3) is 5.91 Å². The van der Waals surface area contributed by atoms with Gasteiger partial charge in [0.15, 0.2) is 0 Å². The first-order chi connectivity index (χ1) is 13.6. The van der Waals surface area contributed by atoms with Crippen molar-refractivity contribution in [3.8, 4) is 11.8 Å². The van der Waals surface area contributed by atoms with Crippen molar-refractivity contribution in [2.45, 2.75) is 25.4 Å². The van der Waals surface area contributed by atoms with E-state index in [2.05, 4.69) is 36.1 Å². The van der Waals surface area contributed by atoms with Crippen molar-refractivity contribution in [3.05, 3.63) is 52.9 Å². The number of rotatable bonds is 5. The minimum Gasteiger partial charge on any atom is -0.406 e. The lowest BCUT2D eigenvalue weighted by atomic mass is 10.0. The molecule has 2 aromatic heterocycles. The van der Waals surface area contributed by atoms with Gasteiger partial charge >= 0.3 is 6.36 Å². The monoisotopic (exact) mass is 467 g/mol. The summed E-state index contributed by atoms with van der Waals surface area (Å²) in [7, 11) is 0. The summed E-state index contributed by atoms with van der Waals surface area (Å²) in [5, 5.41) is 17.3. The number of carbonyl (C=O) groups is 1. The van der Waals surface area contributed by atoms with Gasteiger partial charge in [-0.2, -0.15) is 10.4 Å². The Morgan fingerprint density at radius 2 is 2.00 bits per heavy atom. The molecule has 1 N–H and O–H groups in total. The topological polar surface area (TPSA) is 92.8 Å². The van der Waals surface area contributed by atoms with Crippen molar-refractivity contribution in [1.29, 1.82) is 5.26 Å². The third-order valence-electron chi connectivity index (χ3n) is 3.89. The summed E-state index contributed by atoms with van der Waals surface area (Å²) in [4.78, 5) is 16.5. The van der Waals surface area contributed by atoms with Gasteiger partial charge in [-0.25, -0.2) is 4.98 Å². The van der Waals surface area contributed by atoms with Crippen LogP contribution in [0.25, 0.3) is 10.9 Å². The third kappa shape index (κ3) is 5.03. The number of nitriles is 1. The van der Waals surface area contributed by atoms with Gasteiger partial charge in [-0.15, -0.1) is 13.2 Å². The highest BCUT2D eigenvalue weighted by molar-refractivity contribution is 9.10. The molecule has 0 saturated carbocycles. The lowest BCUT2D eigenvalue weighted by molar-refractivity contribution is -0.274. The van der Waals surface area contributed by atoms with E-state index in [0.29, 0.717) is 10.1 Å². The molecule has 11 heteroatoms.